The highest BCUT2D eigenvalue weighted by Crippen LogP contribution is 2.25. The smallest absolute Gasteiger partial charge is 0.250 e. The quantitative estimate of drug-likeness (QED) is 0.124. The lowest BCUT2D eigenvalue weighted by atomic mass is 10.1. The van der Waals surface area contributed by atoms with Crippen LogP contribution in [0.5, 0.6) is 11.5 Å². The number of benzene rings is 3. The molecule has 0 bridgehead atoms. The van der Waals surface area contributed by atoms with Crippen LogP contribution in [0.3, 0.4) is 0 Å². The molecule has 4 rings (SSSR count). The number of thioether (sulfide) groups is 1. The van der Waals surface area contributed by atoms with Gasteiger partial charge in [-0.05, 0) is 23.6 Å². The molecule has 190 valence electrons. The van der Waals surface area contributed by atoms with E-state index in [2.05, 4.69) is 50.8 Å². The Morgan fingerprint density at radius 3 is 2.76 bits per heavy atom. The Labute approximate surface area is 219 Å². The standard InChI is InChI=1S/C27H28N6O3S/c1-4-14-33-25(17-28-23-11-7-9-19-8-5-6-10-22(19)23)30-32-27(33)37-18-26(34)31-29-16-20-12-13-21(35-2)15-24(20)36-3/h4-13,15-16,28H,1,14,17-18H2,2-3H3,(H,31,34)/b29-16+. The van der Waals surface area contributed by atoms with E-state index < -0.39 is 0 Å². The lowest BCUT2D eigenvalue weighted by Gasteiger charge is -2.11. The van der Waals surface area contributed by atoms with Crippen molar-refractivity contribution < 1.29 is 14.3 Å². The van der Waals surface area contributed by atoms with E-state index in [1.54, 1.807) is 38.5 Å². The minimum atomic E-state index is -0.266. The first-order valence-electron chi connectivity index (χ1n) is 11.5. The van der Waals surface area contributed by atoms with Gasteiger partial charge in [0.1, 0.15) is 11.5 Å². The van der Waals surface area contributed by atoms with Gasteiger partial charge in [-0.3, -0.25) is 4.79 Å². The summed E-state index contributed by atoms with van der Waals surface area (Å²) in [6.07, 6.45) is 3.31. The highest BCUT2D eigenvalue weighted by Gasteiger charge is 2.14. The fourth-order valence-corrected chi connectivity index (χ4v) is 4.44. The number of aromatic nitrogens is 3. The first kappa shape index (κ1) is 25.8. The maximum Gasteiger partial charge on any atom is 0.250 e. The fourth-order valence-electron chi connectivity index (χ4n) is 3.68. The Bertz CT molecular complexity index is 1410. The highest BCUT2D eigenvalue weighted by molar-refractivity contribution is 7.99. The number of carbonyl (C=O) groups excluding carboxylic acids is 1. The van der Waals surface area contributed by atoms with Gasteiger partial charge < -0.3 is 19.4 Å². The molecular formula is C27H28N6O3S. The van der Waals surface area contributed by atoms with Crippen LogP contribution in [0.1, 0.15) is 11.4 Å². The van der Waals surface area contributed by atoms with Crippen LogP contribution in [0.2, 0.25) is 0 Å². The van der Waals surface area contributed by atoms with Crippen molar-refractivity contribution >= 4 is 40.3 Å². The normalized spacial score (nSPS) is 11.0. The van der Waals surface area contributed by atoms with Crippen molar-refractivity contribution in [1.29, 1.82) is 0 Å². The number of hydrogen-bond donors (Lipinski definition) is 2. The van der Waals surface area contributed by atoms with E-state index >= 15 is 0 Å². The van der Waals surface area contributed by atoms with Crippen LogP contribution in [0.15, 0.2) is 83.6 Å². The maximum absolute atomic E-state index is 12.4. The molecule has 3 aromatic carbocycles. The van der Waals surface area contributed by atoms with Gasteiger partial charge in [0.15, 0.2) is 11.0 Å². The number of rotatable bonds is 12. The lowest BCUT2D eigenvalue weighted by molar-refractivity contribution is -0.118. The van der Waals surface area contributed by atoms with E-state index in [4.69, 9.17) is 9.47 Å². The maximum atomic E-state index is 12.4. The molecule has 0 fully saturated rings. The second kappa shape index (κ2) is 12.6. The first-order valence-corrected chi connectivity index (χ1v) is 12.5. The molecule has 0 aliphatic rings. The van der Waals surface area contributed by atoms with Crippen molar-refractivity contribution in [2.75, 3.05) is 25.3 Å². The van der Waals surface area contributed by atoms with Crippen LogP contribution in [0.4, 0.5) is 5.69 Å². The predicted molar refractivity (Wildman–Crippen MR) is 148 cm³/mol. The summed E-state index contributed by atoms with van der Waals surface area (Å²) in [5.74, 6) is 1.87. The zero-order chi connectivity index (χ0) is 26.0. The second-order valence-electron chi connectivity index (χ2n) is 7.87. The molecule has 1 aromatic heterocycles. The number of hydrazone groups is 1. The van der Waals surface area contributed by atoms with E-state index in [-0.39, 0.29) is 11.7 Å². The number of nitrogens with one attached hydrogen (secondary N) is 2. The minimum absolute atomic E-state index is 0.128. The second-order valence-corrected chi connectivity index (χ2v) is 8.81. The number of hydrogen-bond acceptors (Lipinski definition) is 8. The van der Waals surface area contributed by atoms with Crippen molar-refractivity contribution in [3.8, 4) is 11.5 Å². The van der Waals surface area contributed by atoms with Gasteiger partial charge in [0.25, 0.3) is 5.91 Å². The van der Waals surface area contributed by atoms with Crippen LogP contribution in [-0.4, -0.2) is 46.9 Å². The lowest BCUT2D eigenvalue weighted by Crippen LogP contribution is -2.20. The summed E-state index contributed by atoms with van der Waals surface area (Å²) in [7, 11) is 3.15. The Kier molecular flexibility index (Phi) is 8.77. The summed E-state index contributed by atoms with van der Waals surface area (Å²) in [5.41, 5.74) is 4.27. The molecule has 0 saturated heterocycles. The van der Waals surface area contributed by atoms with Crippen LogP contribution in [0, 0.1) is 0 Å². The van der Waals surface area contributed by atoms with E-state index in [1.165, 1.54) is 18.0 Å². The number of fused-ring (bicyclic) bond motifs is 1. The van der Waals surface area contributed by atoms with E-state index in [9.17, 15) is 4.79 Å². The summed E-state index contributed by atoms with van der Waals surface area (Å²) >= 11 is 1.29. The summed E-state index contributed by atoms with van der Waals surface area (Å²) in [5, 5.41) is 19.1. The summed E-state index contributed by atoms with van der Waals surface area (Å²) in [4.78, 5) is 12.4. The molecule has 4 aromatic rings. The Hall–Kier alpha value is -4.31. The van der Waals surface area contributed by atoms with Crippen molar-refractivity contribution in [3.05, 3.63) is 84.7 Å². The van der Waals surface area contributed by atoms with Crippen LogP contribution >= 0.6 is 11.8 Å². The number of ether oxygens (including phenoxy) is 2. The average Bonchev–Trinajstić information content (AvgIpc) is 3.32. The Morgan fingerprint density at radius 1 is 1.11 bits per heavy atom. The number of anilines is 1. The summed E-state index contributed by atoms with van der Waals surface area (Å²) < 4.78 is 12.5. The third-order valence-corrected chi connectivity index (χ3v) is 6.46. The number of nitrogens with zero attached hydrogens (tertiary/aromatic N) is 4. The molecule has 1 amide bonds. The van der Waals surface area contributed by atoms with Gasteiger partial charge in [0.05, 0.1) is 32.7 Å². The van der Waals surface area contributed by atoms with E-state index in [0.717, 1.165) is 22.3 Å². The molecule has 0 atom stereocenters. The van der Waals surface area contributed by atoms with Gasteiger partial charge in [0, 0.05) is 29.2 Å². The van der Waals surface area contributed by atoms with Gasteiger partial charge in [-0.1, -0.05) is 54.2 Å². The van der Waals surface area contributed by atoms with E-state index in [0.29, 0.717) is 35.3 Å². The molecule has 0 aliphatic heterocycles. The van der Waals surface area contributed by atoms with Gasteiger partial charge in [-0.15, -0.1) is 16.8 Å². The molecule has 0 radical (unpaired) electrons. The predicted octanol–water partition coefficient (Wildman–Crippen LogP) is 4.49. The minimum Gasteiger partial charge on any atom is -0.497 e. The Balaban J connectivity index is 1.36. The fraction of sp³-hybridized carbons (Fsp3) is 0.185. The zero-order valence-corrected chi connectivity index (χ0v) is 21.5. The van der Waals surface area contributed by atoms with Crippen LogP contribution < -0.4 is 20.2 Å². The molecular weight excluding hydrogens is 488 g/mol. The van der Waals surface area contributed by atoms with Crippen molar-refractivity contribution in [2.24, 2.45) is 5.10 Å². The van der Waals surface area contributed by atoms with Crippen LogP contribution in [0.25, 0.3) is 10.8 Å². The molecule has 0 saturated carbocycles. The molecule has 9 nitrogen and oxygen atoms in total. The monoisotopic (exact) mass is 516 g/mol. The largest absolute Gasteiger partial charge is 0.497 e. The molecule has 0 aliphatic carbocycles. The third kappa shape index (κ3) is 6.47. The number of allylic oxidation sites excluding steroid dienone is 1. The summed E-state index contributed by atoms with van der Waals surface area (Å²) in [6.45, 7) is 4.85. The van der Waals surface area contributed by atoms with Crippen LogP contribution in [-0.2, 0) is 17.9 Å². The average molecular weight is 517 g/mol. The topological polar surface area (TPSA) is 103 Å². The summed E-state index contributed by atoms with van der Waals surface area (Å²) in [6, 6.07) is 19.7. The Morgan fingerprint density at radius 2 is 1.95 bits per heavy atom. The van der Waals surface area contributed by atoms with Crippen molar-refractivity contribution in [3.63, 3.8) is 0 Å². The molecule has 1 heterocycles. The molecule has 37 heavy (non-hydrogen) atoms. The molecule has 2 N–H and O–H groups in total. The van der Waals surface area contributed by atoms with Crippen molar-refractivity contribution in [1.82, 2.24) is 20.2 Å². The van der Waals surface area contributed by atoms with Gasteiger partial charge in [-0.25, -0.2) is 5.43 Å². The van der Waals surface area contributed by atoms with Gasteiger partial charge in [0.2, 0.25) is 0 Å². The highest BCUT2D eigenvalue weighted by atomic mass is 32.2. The molecule has 10 heteroatoms. The van der Waals surface area contributed by atoms with Crippen molar-refractivity contribution in [2.45, 2.75) is 18.2 Å². The van der Waals surface area contributed by atoms with E-state index in [1.807, 2.05) is 28.8 Å². The first-order chi connectivity index (χ1) is 18.1. The molecule has 0 spiro atoms. The zero-order valence-electron chi connectivity index (χ0n) is 20.7. The third-order valence-electron chi connectivity index (χ3n) is 5.50. The number of methoxy groups -OCH3 is 2. The molecule has 0 unspecified atom stereocenters. The SMILES string of the molecule is C=CCn1c(CNc2cccc3ccccc23)nnc1SCC(=O)N/N=C/c1ccc(OC)cc1OC. The number of amides is 1. The van der Waals surface area contributed by atoms with Gasteiger partial charge >= 0.3 is 0 Å². The number of carbonyl (C=O) groups is 1. The van der Waals surface area contributed by atoms with Gasteiger partial charge in [-0.2, -0.15) is 5.10 Å².